The first-order chi connectivity index (χ1) is 4.77. The molecule has 4 heteroatoms. The monoisotopic (exact) mass is 158 g/mol. The maximum Gasteiger partial charge on any atom is 0.315 e. The van der Waals surface area contributed by atoms with Gasteiger partial charge in [0.1, 0.15) is 0 Å². The number of carbonyl (C=O) groups is 1. The highest BCUT2D eigenvalue weighted by Crippen LogP contribution is 2.28. The predicted molar refractivity (Wildman–Crippen MR) is 41.2 cm³/mol. The van der Waals surface area contributed by atoms with Crippen LogP contribution in [0.4, 0.5) is 4.79 Å². The zero-order valence-electron chi connectivity index (χ0n) is 5.76. The highest BCUT2D eigenvalue weighted by Gasteiger charge is 2.40. The summed E-state index contributed by atoms with van der Waals surface area (Å²) in [6.45, 7) is 2.16. The Hall–Kier alpha value is -0.380. The SMILES string of the molecule is CC1SC[C@H]2NC(=O)N[C@@H]12. The lowest BCUT2D eigenvalue weighted by molar-refractivity contribution is 0.247. The number of hydrogen-bond acceptors (Lipinski definition) is 2. The Morgan fingerprint density at radius 2 is 2.40 bits per heavy atom. The smallest absolute Gasteiger partial charge is 0.315 e. The molecule has 1 unspecified atom stereocenters. The van der Waals surface area contributed by atoms with Crippen molar-refractivity contribution in [3.63, 3.8) is 0 Å². The van der Waals surface area contributed by atoms with Gasteiger partial charge < -0.3 is 10.6 Å². The van der Waals surface area contributed by atoms with E-state index in [1.165, 1.54) is 0 Å². The molecule has 56 valence electrons. The van der Waals surface area contributed by atoms with Gasteiger partial charge in [0.05, 0.1) is 12.1 Å². The summed E-state index contributed by atoms with van der Waals surface area (Å²) < 4.78 is 0. The Balaban J connectivity index is 2.12. The zero-order valence-corrected chi connectivity index (χ0v) is 6.57. The fraction of sp³-hybridized carbons (Fsp3) is 0.833. The van der Waals surface area contributed by atoms with E-state index in [0.717, 1.165) is 5.75 Å². The molecule has 2 aliphatic heterocycles. The van der Waals surface area contributed by atoms with E-state index in [0.29, 0.717) is 17.3 Å². The van der Waals surface area contributed by atoms with Crippen LogP contribution < -0.4 is 10.6 Å². The van der Waals surface area contributed by atoms with Gasteiger partial charge in [-0.15, -0.1) is 0 Å². The molecule has 2 aliphatic rings. The molecule has 2 saturated heterocycles. The second-order valence-corrected chi connectivity index (χ2v) is 4.20. The number of amides is 2. The van der Waals surface area contributed by atoms with Crippen molar-refractivity contribution in [2.24, 2.45) is 0 Å². The highest BCUT2D eigenvalue weighted by molar-refractivity contribution is 8.00. The average molecular weight is 158 g/mol. The Bertz CT molecular complexity index is 173. The lowest BCUT2D eigenvalue weighted by atomic mass is 10.1. The van der Waals surface area contributed by atoms with Crippen LogP contribution in [0.5, 0.6) is 0 Å². The van der Waals surface area contributed by atoms with Crippen LogP contribution in [0.15, 0.2) is 0 Å². The summed E-state index contributed by atoms with van der Waals surface area (Å²) in [7, 11) is 0. The van der Waals surface area contributed by atoms with Crippen molar-refractivity contribution in [3.8, 4) is 0 Å². The van der Waals surface area contributed by atoms with Gasteiger partial charge in [-0.3, -0.25) is 0 Å². The third-order valence-electron chi connectivity index (χ3n) is 2.09. The number of rotatable bonds is 0. The second-order valence-electron chi connectivity index (χ2n) is 2.79. The summed E-state index contributed by atoms with van der Waals surface area (Å²) in [4.78, 5) is 10.8. The van der Waals surface area contributed by atoms with Crippen LogP contribution in [0, 0.1) is 0 Å². The fourth-order valence-corrected chi connectivity index (χ4v) is 2.77. The molecule has 0 aromatic rings. The van der Waals surface area contributed by atoms with Gasteiger partial charge in [0.2, 0.25) is 0 Å². The minimum absolute atomic E-state index is 0.00199. The summed E-state index contributed by atoms with van der Waals surface area (Å²) in [5.41, 5.74) is 0. The summed E-state index contributed by atoms with van der Waals surface area (Å²) in [6, 6.07) is 0.757. The van der Waals surface area contributed by atoms with E-state index in [-0.39, 0.29) is 6.03 Å². The first-order valence-electron chi connectivity index (χ1n) is 3.46. The molecular formula is C6H10N2OS. The molecule has 10 heavy (non-hydrogen) atoms. The molecule has 3 atom stereocenters. The van der Waals surface area contributed by atoms with E-state index in [9.17, 15) is 4.79 Å². The minimum atomic E-state index is 0.00199. The van der Waals surface area contributed by atoms with Crippen molar-refractivity contribution >= 4 is 17.8 Å². The first kappa shape index (κ1) is 6.34. The van der Waals surface area contributed by atoms with Crippen molar-refractivity contribution in [1.82, 2.24) is 10.6 Å². The van der Waals surface area contributed by atoms with Crippen molar-refractivity contribution in [3.05, 3.63) is 0 Å². The van der Waals surface area contributed by atoms with Crippen molar-refractivity contribution in [1.29, 1.82) is 0 Å². The number of hydrogen-bond donors (Lipinski definition) is 2. The molecule has 2 N–H and O–H groups in total. The standard InChI is InChI=1S/C6H10N2OS/c1-3-5-4(2-10-3)7-6(9)8-5/h3-5H,2H2,1H3,(H2,7,8,9)/t3?,4-,5+/m1/s1. The Labute approximate surface area is 63.9 Å². The molecule has 2 fully saturated rings. The number of urea groups is 1. The van der Waals surface area contributed by atoms with Gasteiger partial charge in [0, 0.05) is 11.0 Å². The van der Waals surface area contributed by atoms with E-state index in [4.69, 9.17) is 0 Å². The summed E-state index contributed by atoms with van der Waals surface area (Å²) >= 11 is 1.91. The topological polar surface area (TPSA) is 41.1 Å². The van der Waals surface area contributed by atoms with E-state index in [2.05, 4.69) is 17.6 Å². The molecule has 0 bridgehead atoms. The summed E-state index contributed by atoms with van der Waals surface area (Å²) in [5.74, 6) is 1.06. The molecule has 0 aliphatic carbocycles. The molecule has 2 amide bonds. The van der Waals surface area contributed by atoms with Crippen LogP contribution in [-0.4, -0.2) is 29.1 Å². The second kappa shape index (κ2) is 2.05. The molecule has 0 radical (unpaired) electrons. The number of carbonyl (C=O) groups excluding carboxylic acids is 1. The van der Waals surface area contributed by atoms with Crippen LogP contribution in [0.25, 0.3) is 0 Å². The molecule has 0 aromatic carbocycles. The molecule has 3 nitrogen and oxygen atoms in total. The van der Waals surface area contributed by atoms with Crippen LogP contribution in [-0.2, 0) is 0 Å². The van der Waals surface area contributed by atoms with Crippen molar-refractivity contribution in [2.45, 2.75) is 24.3 Å². The van der Waals surface area contributed by atoms with Crippen molar-refractivity contribution in [2.75, 3.05) is 5.75 Å². The van der Waals surface area contributed by atoms with E-state index >= 15 is 0 Å². The molecule has 0 spiro atoms. The molecule has 2 heterocycles. The predicted octanol–water partition coefficient (Wildman–Crippen LogP) is 0.172. The van der Waals surface area contributed by atoms with Crippen LogP contribution in [0.3, 0.4) is 0 Å². The molecule has 0 aromatic heterocycles. The zero-order chi connectivity index (χ0) is 7.14. The maximum atomic E-state index is 10.8. The number of nitrogens with one attached hydrogen (secondary N) is 2. The Morgan fingerprint density at radius 3 is 3.10 bits per heavy atom. The quantitative estimate of drug-likeness (QED) is 0.493. The van der Waals surface area contributed by atoms with Crippen LogP contribution in [0.1, 0.15) is 6.92 Å². The van der Waals surface area contributed by atoms with Gasteiger partial charge in [-0.05, 0) is 0 Å². The molecular weight excluding hydrogens is 148 g/mol. The fourth-order valence-electron chi connectivity index (χ4n) is 1.50. The Morgan fingerprint density at radius 1 is 1.60 bits per heavy atom. The lowest BCUT2D eigenvalue weighted by Crippen LogP contribution is -2.35. The minimum Gasteiger partial charge on any atom is -0.332 e. The lowest BCUT2D eigenvalue weighted by Gasteiger charge is -2.09. The van der Waals surface area contributed by atoms with Gasteiger partial charge in [0.15, 0.2) is 0 Å². The van der Waals surface area contributed by atoms with Gasteiger partial charge in [-0.2, -0.15) is 11.8 Å². The van der Waals surface area contributed by atoms with Crippen LogP contribution >= 0.6 is 11.8 Å². The maximum absolute atomic E-state index is 10.8. The third kappa shape index (κ3) is 0.785. The number of fused-ring (bicyclic) bond motifs is 1. The van der Waals surface area contributed by atoms with E-state index < -0.39 is 0 Å². The van der Waals surface area contributed by atoms with Gasteiger partial charge in [0.25, 0.3) is 0 Å². The van der Waals surface area contributed by atoms with Gasteiger partial charge in [-0.1, -0.05) is 6.92 Å². The van der Waals surface area contributed by atoms with E-state index in [1.807, 2.05) is 11.8 Å². The Kier molecular flexibility index (Phi) is 1.30. The van der Waals surface area contributed by atoms with Gasteiger partial charge >= 0.3 is 6.03 Å². The largest absolute Gasteiger partial charge is 0.332 e. The highest BCUT2D eigenvalue weighted by atomic mass is 32.2. The van der Waals surface area contributed by atoms with Crippen LogP contribution in [0.2, 0.25) is 0 Å². The first-order valence-corrected chi connectivity index (χ1v) is 4.51. The normalized spacial score (nSPS) is 44.5. The molecule has 2 rings (SSSR count). The molecule has 0 saturated carbocycles. The van der Waals surface area contributed by atoms with Crippen molar-refractivity contribution < 1.29 is 4.79 Å². The third-order valence-corrected chi connectivity index (χ3v) is 3.46. The number of thioether (sulfide) groups is 1. The summed E-state index contributed by atoms with van der Waals surface area (Å²) in [5, 5.41) is 6.34. The van der Waals surface area contributed by atoms with E-state index in [1.54, 1.807) is 0 Å². The average Bonchev–Trinajstić information content (AvgIpc) is 2.35. The summed E-state index contributed by atoms with van der Waals surface area (Å²) in [6.07, 6.45) is 0. The van der Waals surface area contributed by atoms with Gasteiger partial charge in [-0.25, -0.2) is 4.79 Å².